The Morgan fingerprint density at radius 1 is 1.36 bits per heavy atom. The Hall–Kier alpha value is -1.73. The van der Waals surface area contributed by atoms with Crippen molar-refractivity contribution in [1.29, 1.82) is 0 Å². The van der Waals surface area contributed by atoms with Gasteiger partial charge in [0.2, 0.25) is 5.89 Å². The van der Waals surface area contributed by atoms with Gasteiger partial charge >= 0.3 is 0 Å². The van der Waals surface area contributed by atoms with Gasteiger partial charge in [-0.25, -0.2) is 9.97 Å². The van der Waals surface area contributed by atoms with E-state index >= 15 is 0 Å². The van der Waals surface area contributed by atoms with Crippen LogP contribution in [0.4, 0.5) is 0 Å². The Bertz CT molecular complexity index is 587. The fourth-order valence-electron chi connectivity index (χ4n) is 2.49. The Balaban J connectivity index is 1.57. The second-order valence-corrected chi connectivity index (χ2v) is 6.71. The number of ether oxygens (including phenoxy) is 1. The predicted molar refractivity (Wildman–Crippen MR) is 80.2 cm³/mol. The standard InChI is InChI=1S/C15H23N5O2/c1-15(2,3)13-6-17-14(22-13)9-19-4-5-21-12(7-19)8-20-11-16-10-18-20/h6,10-12H,4-5,7-9H2,1-3H3/t12-/m1/s1. The van der Waals surface area contributed by atoms with Crippen LogP contribution in [0.3, 0.4) is 0 Å². The maximum atomic E-state index is 5.87. The summed E-state index contributed by atoms with van der Waals surface area (Å²) in [6.45, 7) is 10.3. The molecule has 3 heterocycles. The summed E-state index contributed by atoms with van der Waals surface area (Å²) in [4.78, 5) is 10.7. The van der Waals surface area contributed by atoms with E-state index in [9.17, 15) is 0 Å². The van der Waals surface area contributed by atoms with Gasteiger partial charge < -0.3 is 9.15 Å². The molecule has 1 saturated heterocycles. The number of morpholine rings is 1. The highest BCUT2D eigenvalue weighted by atomic mass is 16.5. The van der Waals surface area contributed by atoms with Crippen LogP contribution in [-0.2, 0) is 23.2 Å². The van der Waals surface area contributed by atoms with Crippen molar-refractivity contribution < 1.29 is 9.15 Å². The minimum atomic E-state index is -0.00805. The van der Waals surface area contributed by atoms with Gasteiger partial charge in [-0.1, -0.05) is 20.8 Å². The molecule has 0 spiro atoms. The third-order valence-corrected chi connectivity index (χ3v) is 3.73. The van der Waals surface area contributed by atoms with Crippen molar-refractivity contribution in [3.63, 3.8) is 0 Å². The van der Waals surface area contributed by atoms with Gasteiger partial charge in [0.15, 0.2) is 0 Å². The van der Waals surface area contributed by atoms with Crippen LogP contribution >= 0.6 is 0 Å². The fourth-order valence-corrected chi connectivity index (χ4v) is 2.49. The van der Waals surface area contributed by atoms with Crippen molar-refractivity contribution in [2.24, 2.45) is 0 Å². The van der Waals surface area contributed by atoms with Gasteiger partial charge in [0.1, 0.15) is 18.4 Å². The second-order valence-electron chi connectivity index (χ2n) is 6.71. The van der Waals surface area contributed by atoms with Crippen LogP contribution < -0.4 is 0 Å². The SMILES string of the molecule is CC(C)(C)c1cnc(CN2CCO[C@@H](Cn3cncn3)C2)o1. The number of oxazole rings is 1. The highest BCUT2D eigenvalue weighted by Crippen LogP contribution is 2.23. The van der Waals surface area contributed by atoms with Crippen molar-refractivity contribution in [3.8, 4) is 0 Å². The largest absolute Gasteiger partial charge is 0.444 e. The Labute approximate surface area is 130 Å². The van der Waals surface area contributed by atoms with Crippen LogP contribution in [0.15, 0.2) is 23.3 Å². The summed E-state index contributed by atoms with van der Waals surface area (Å²) in [6.07, 6.45) is 5.21. The van der Waals surface area contributed by atoms with Crippen LogP contribution in [-0.4, -0.2) is 50.4 Å². The molecule has 22 heavy (non-hydrogen) atoms. The number of hydrogen-bond donors (Lipinski definition) is 0. The van der Waals surface area contributed by atoms with Gasteiger partial charge in [-0.2, -0.15) is 5.10 Å². The summed E-state index contributed by atoms with van der Waals surface area (Å²) >= 11 is 0. The molecule has 0 bridgehead atoms. The van der Waals surface area contributed by atoms with E-state index in [1.54, 1.807) is 17.3 Å². The number of nitrogens with zero attached hydrogens (tertiary/aromatic N) is 5. The maximum Gasteiger partial charge on any atom is 0.208 e. The van der Waals surface area contributed by atoms with E-state index in [1.807, 2.05) is 6.20 Å². The van der Waals surface area contributed by atoms with Gasteiger partial charge in [-0.15, -0.1) is 0 Å². The first kappa shape index (κ1) is 15.2. The van der Waals surface area contributed by atoms with Crippen molar-refractivity contribution in [2.45, 2.75) is 45.4 Å². The zero-order valence-electron chi connectivity index (χ0n) is 13.4. The molecule has 1 aliphatic heterocycles. The molecule has 0 N–H and O–H groups in total. The average Bonchev–Trinajstić information content (AvgIpc) is 3.10. The van der Waals surface area contributed by atoms with E-state index in [0.29, 0.717) is 13.2 Å². The quantitative estimate of drug-likeness (QED) is 0.852. The molecule has 120 valence electrons. The lowest BCUT2D eigenvalue weighted by Gasteiger charge is -2.31. The summed E-state index contributed by atoms with van der Waals surface area (Å²) in [6, 6.07) is 0. The molecule has 0 saturated carbocycles. The summed E-state index contributed by atoms with van der Waals surface area (Å²) < 4.78 is 13.5. The third-order valence-electron chi connectivity index (χ3n) is 3.73. The number of rotatable bonds is 4. The van der Waals surface area contributed by atoms with Crippen LogP contribution in [0.5, 0.6) is 0 Å². The molecule has 3 rings (SSSR count). The van der Waals surface area contributed by atoms with Crippen molar-refractivity contribution >= 4 is 0 Å². The minimum Gasteiger partial charge on any atom is -0.444 e. The molecule has 2 aromatic heterocycles. The molecule has 1 aliphatic rings. The molecule has 0 aliphatic carbocycles. The van der Waals surface area contributed by atoms with Gasteiger partial charge in [-0.05, 0) is 0 Å². The van der Waals surface area contributed by atoms with Crippen LogP contribution in [0.1, 0.15) is 32.4 Å². The normalized spacial score (nSPS) is 20.4. The van der Waals surface area contributed by atoms with E-state index in [1.165, 1.54) is 0 Å². The topological polar surface area (TPSA) is 69.2 Å². The Morgan fingerprint density at radius 3 is 2.91 bits per heavy atom. The molecule has 1 atom stereocenters. The van der Waals surface area contributed by atoms with E-state index in [2.05, 4.69) is 40.7 Å². The summed E-state index contributed by atoms with van der Waals surface area (Å²) in [5.74, 6) is 1.70. The highest BCUT2D eigenvalue weighted by molar-refractivity contribution is 5.06. The smallest absolute Gasteiger partial charge is 0.208 e. The molecule has 0 amide bonds. The molecular formula is C15H23N5O2. The van der Waals surface area contributed by atoms with Gasteiger partial charge in [0.05, 0.1) is 32.0 Å². The average molecular weight is 305 g/mol. The van der Waals surface area contributed by atoms with E-state index in [0.717, 1.165) is 31.3 Å². The molecule has 1 fully saturated rings. The fraction of sp³-hybridized carbons (Fsp3) is 0.667. The first-order chi connectivity index (χ1) is 10.5. The summed E-state index contributed by atoms with van der Waals surface area (Å²) in [5.41, 5.74) is -0.00805. The predicted octanol–water partition coefficient (Wildman–Crippen LogP) is 1.46. The van der Waals surface area contributed by atoms with Gasteiger partial charge in [-0.3, -0.25) is 9.58 Å². The van der Waals surface area contributed by atoms with Crippen molar-refractivity contribution in [1.82, 2.24) is 24.6 Å². The first-order valence-corrected chi connectivity index (χ1v) is 7.62. The molecule has 0 radical (unpaired) electrons. The molecule has 0 aromatic carbocycles. The zero-order chi connectivity index (χ0) is 15.6. The lowest BCUT2D eigenvalue weighted by Crippen LogP contribution is -2.43. The zero-order valence-corrected chi connectivity index (χ0v) is 13.4. The van der Waals surface area contributed by atoms with Crippen LogP contribution in [0.2, 0.25) is 0 Å². The van der Waals surface area contributed by atoms with Gasteiger partial charge in [0.25, 0.3) is 0 Å². The lowest BCUT2D eigenvalue weighted by molar-refractivity contribution is -0.0424. The van der Waals surface area contributed by atoms with Gasteiger partial charge in [0, 0.05) is 18.5 Å². The maximum absolute atomic E-state index is 5.87. The van der Waals surface area contributed by atoms with Crippen LogP contribution in [0.25, 0.3) is 0 Å². The van der Waals surface area contributed by atoms with Crippen molar-refractivity contribution in [3.05, 3.63) is 30.5 Å². The molecule has 7 nitrogen and oxygen atoms in total. The summed E-state index contributed by atoms with van der Waals surface area (Å²) in [5, 5.41) is 4.13. The monoisotopic (exact) mass is 305 g/mol. The molecular weight excluding hydrogens is 282 g/mol. The van der Waals surface area contributed by atoms with Crippen LogP contribution in [0, 0.1) is 0 Å². The minimum absolute atomic E-state index is 0.00805. The molecule has 0 unspecified atom stereocenters. The Kier molecular flexibility index (Phi) is 4.26. The third kappa shape index (κ3) is 3.72. The number of hydrogen-bond acceptors (Lipinski definition) is 6. The summed E-state index contributed by atoms with van der Waals surface area (Å²) in [7, 11) is 0. The number of aromatic nitrogens is 4. The lowest BCUT2D eigenvalue weighted by atomic mass is 9.94. The van der Waals surface area contributed by atoms with E-state index in [4.69, 9.17) is 9.15 Å². The molecule has 2 aromatic rings. The van der Waals surface area contributed by atoms with E-state index in [-0.39, 0.29) is 11.5 Å². The van der Waals surface area contributed by atoms with Crippen molar-refractivity contribution in [2.75, 3.05) is 19.7 Å². The highest BCUT2D eigenvalue weighted by Gasteiger charge is 2.24. The first-order valence-electron chi connectivity index (χ1n) is 7.62. The Morgan fingerprint density at radius 2 is 2.23 bits per heavy atom. The second kappa shape index (κ2) is 6.18. The molecule has 7 heteroatoms. The van der Waals surface area contributed by atoms with E-state index < -0.39 is 0 Å².